The molecule has 18 heavy (non-hydrogen) atoms. The van der Waals surface area contributed by atoms with E-state index in [2.05, 4.69) is 19.2 Å². The van der Waals surface area contributed by atoms with Crippen molar-refractivity contribution in [3.63, 3.8) is 0 Å². The summed E-state index contributed by atoms with van der Waals surface area (Å²) in [6.07, 6.45) is 6.06. The molecule has 0 amide bonds. The van der Waals surface area contributed by atoms with Gasteiger partial charge in [-0.05, 0) is 30.5 Å². The normalized spacial score (nSPS) is 12.7. The zero-order valence-corrected chi connectivity index (χ0v) is 12.1. The van der Waals surface area contributed by atoms with Crippen LogP contribution in [0.1, 0.15) is 51.5 Å². The molecule has 1 nitrogen and oxygen atoms in total. The van der Waals surface area contributed by atoms with Crippen molar-refractivity contribution in [2.45, 2.75) is 58.5 Å². The van der Waals surface area contributed by atoms with Crippen molar-refractivity contribution in [1.82, 2.24) is 5.32 Å². The lowest BCUT2D eigenvalue weighted by atomic mass is 10.0. The third-order valence-electron chi connectivity index (χ3n) is 3.12. The molecule has 0 spiro atoms. The summed E-state index contributed by atoms with van der Waals surface area (Å²) in [6, 6.07) is 5.48. The molecule has 0 fully saturated rings. The lowest BCUT2D eigenvalue weighted by Gasteiger charge is -2.18. The van der Waals surface area contributed by atoms with Gasteiger partial charge in [0.1, 0.15) is 5.82 Å². The van der Waals surface area contributed by atoms with Gasteiger partial charge >= 0.3 is 0 Å². The minimum atomic E-state index is -0.350. The summed E-state index contributed by atoms with van der Waals surface area (Å²) in [7, 11) is 0. The first-order valence-electron chi connectivity index (χ1n) is 6.84. The number of hydrogen-bond acceptors (Lipinski definition) is 1. The van der Waals surface area contributed by atoms with Crippen molar-refractivity contribution in [3.05, 3.63) is 34.6 Å². The summed E-state index contributed by atoms with van der Waals surface area (Å²) < 4.78 is 13.0. The van der Waals surface area contributed by atoms with Crippen LogP contribution in [-0.4, -0.2) is 6.04 Å². The molecular formula is C15H23ClFN. The molecule has 0 radical (unpaired) electrons. The predicted octanol–water partition coefficient (Wildman–Crippen LogP) is 4.93. The molecule has 0 heterocycles. The topological polar surface area (TPSA) is 12.0 Å². The molecule has 1 atom stereocenters. The Morgan fingerprint density at radius 1 is 1.22 bits per heavy atom. The first-order valence-corrected chi connectivity index (χ1v) is 7.22. The lowest BCUT2D eigenvalue weighted by Crippen LogP contribution is -2.28. The van der Waals surface area contributed by atoms with Crippen molar-refractivity contribution in [2.24, 2.45) is 0 Å². The van der Waals surface area contributed by atoms with E-state index in [-0.39, 0.29) is 10.8 Å². The molecule has 1 rings (SSSR count). The molecular weight excluding hydrogens is 249 g/mol. The summed E-state index contributed by atoms with van der Waals surface area (Å²) in [4.78, 5) is 0. The first kappa shape index (κ1) is 15.5. The third kappa shape index (κ3) is 5.36. The van der Waals surface area contributed by atoms with Gasteiger partial charge in [0.2, 0.25) is 0 Å². The molecule has 0 saturated heterocycles. The fourth-order valence-electron chi connectivity index (χ4n) is 2.06. The molecule has 0 aromatic heterocycles. The van der Waals surface area contributed by atoms with Crippen LogP contribution in [0.3, 0.4) is 0 Å². The second kappa shape index (κ2) is 8.49. The minimum absolute atomic E-state index is 0.204. The molecule has 1 aromatic carbocycles. The molecule has 0 aliphatic carbocycles. The fourth-order valence-corrected chi connectivity index (χ4v) is 2.26. The summed E-state index contributed by atoms with van der Waals surface area (Å²) >= 11 is 5.77. The highest BCUT2D eigenvalue weighted by molar-refractivity contribution is 6.30. The largest absolute Gasteiger partial charge is 0.310 e. The van der Waals surface area contributed by atoms with Gasteiger partial charge in [0.15, 0.2) is 0 Å². The van der Waals surface area contributed by atoms with Gasteiger partial charge in [-0.2, -0.15) is 0 Å². The number of hydrogen-bond donors (Lipinski definition) is 1. The van der Waals surface area contributed by atoms with Gasteiger partial charge in [0, 0.05) is 12.6 Å². The van der Waals surface area contributed by atoms with E-state index in [1.807, 2.05) is 0 Å². The molecule has 0 saturated carbocycles. The molecule has 102 valence electrons. The smallest absolute Gasteiger partial charge is 0.141 e. The third-order valence-corrected chi connectivity index (χ3v) is 3.41. The maximum atomic E-state index is 13.0. The van der Waals surface area contributed by atoms with Gasteiger partial charge in [-0.1, -0.05) is 50.8 Å². The zero-order chi connectivity index (χ0) is 13.4. The van der Waals surface area contributed by atoms with E-state index < -0.39 is 0 Å². The molecule has 0 bridgehead atoms. The summed E-state index contributed by atoms with van der Waals surface area (Å²) in [5.74, 6) is -0.350. The Morgan fingerprint density at radius 2 is 2.00 bits per heavy atom. The summed E-state index contributed by atoms with van der Waals surface area (Å²) in [5, 5.41) is 3.74. The van der Waals surface area contributed by atoms with E-state index >= 15 is 0 Å². The van der Waals surface area contributed by atoms with Crippen molar-refractivity contribution < 1.29 is 4.39 Å². The van der Waals surface area contributed by atoms with Crippen LogP contribution in [0.2, 0.25) is 5.02 Å². The molecule has 0 aliphatic rings. The Kier molecular flexibility index (Phi) is 7.29. The quantitative estimate of drug-likeness (QED) is 0.707. The SMILES string of the molecule is CCCCC(CCC)NCc1ccc(F)c(Cl)c1. The molecule has 1 N–H and O–H groups in total. The van der Waals surface area contributed by atoms with Gasteiger partial charge in [-0.3, -0.25) is 0 Å². The molecule has 3 heteroatoms. The predicted molar refractivity (Wildman–Crippen MR) is 76.5 cm³/mol. The zero-order valence-electron chi connectivity index (χ0n) is 11.3. The van der Waals surface area contributed by atoms with E-state index in [1.165, 1.54) is 38.2 Å². The fraction of sp³-hybridized carbons (Fsp3) is 0.600. The van der Waals surface area contributed by atoms with Crippen LogP contribution < -0.4 is 5.32 Å². The van der Waals surface area contributed by atoms with Crippen molar-refractivity contribution in [2.75, 3.05) is 0 Å². The Bertz CT molecular complexity index is 354. The number of nitrogens with one attached hydrogen (secondary N) is 1. The Hall–Kier alpha value is -0.600. The van der Waals surface area contributed by atoms with Gasteiger partial charge in [0.05, 0.1) is 5.02 Å². The Balaban J connectivity index is 2.47. The number of rotatable bonds is 8. The van der Waals surface area contributed by atoms with Crippen molar-refractivity contribution in [3.8, 4) is 0 Å². The minimum Gasteiger partial charge on any atom is -0.310 e. The first-order chi connectivity index (χ1) is 8.67. The second-order valence-corrected chi connectivity index (χ2v) is 5.16. The van der Waals surface area contributed by atoms with Crippen LogP contribution in [-0.2, 0) is 6.54 Å². The maximum Gasteiger partial charge on any atom is 0.141 e. The summed E-state index contributed by atoms with van der Waals surface area (Å²) in [6.45, 7) is 5.17. The van der Waals surface area contributed by atoms with Crippen LogP contribution in [0.15, 0.2) is 18.2 Å². The number of unbranched alkanes of at least 4 members (excludes halogenated alkanes) is 1. The monoisotopic (exact) mass is 271 g/mol. The van der Waals surface area contributed by atoms with Crippen LogP contribution >= 0.6 is 11.6 Å². The van der Waals surface area contributed by atoms with Gasteiger partial charge in [-0.25, -0.2) is 4.39 Å². The molecule has 0 aliphatic heterocycles. The molecule has 1 aromatic rings. The average Bonchev–Trinajstić information content (AvgIpc) is 2.37. The van der Waals surface area contributed by atoms with Gasteiger partial charge in [0.25, 0.3) is 0 Å². The average molecular weight is 272 g/mol. The van der Waals surface area contributed by atoms with Gasteiger partial charge in [-0.15, -0.1) is 0 Å². The number of benzene rings is 1. The summed E-state index contributed by atoms with van der Waals surface area (Å²) in [5.41, 5.74) is 1.04. The van der Waals surface area contributed by atoms with E-state index in [4.69, 9.17) is 11.6 Å². The van der Waals surface area contributed by atoms with Crippen LogP contribution in [0.5, 0.6) is 0 Å². The molecule has 1 unspecified atom stereocenters. The van der Waals surface area contributed by atoms with Gasteiger partial charge < -0.3 is 5.32 Å². The van der Waals surface area contributed by atoms with Crippen LogP contribution in [0.25, 0.3) is 0 Å². The van der Waals surface area contributed by atoms with E-state index in [0.717, 1.165) is 12.1 Å². The van der Waals surface area contributed by atoms with Crippen LogP contribution in [0, 0.1) is 5.82 Å². The Labute approximate surface area is 115 Å². The lowest BCUT2D eigenvalue weighted by molar-refractivity contribution is 0.434. The van der Waals surface area contributed by atoms with Crippen LogP contribution in [0.4, 0.5) is 4.39 Å². The highest BCUT2D eigenvalue weighted by Gasteiger charge is 2.07. The van der Waals surface area contributed by atoms with E-state index in [0.29, 0.717) is 6.04 Å². The highest BCUT2D eigenvalue weighted by atomic mass is 35.5. The maximum absolute atomic E-state index is 13.0. The standard InChI is InChI=1S/C15H23ClFN/c1-3-5-7-13(6-4-2)18-11-12-8-9-15(17)14(16)10-12/h8-10,13,18H,3-7,11H2,1-2H3. The second-order valence-electron chi connectivity index (χ2n) is 4.76. The highest BCUT2D eigenvalue weighted by Crippen LogP contribution is 2.16. The van der Waals surface area contributed by atoms with Crippen molar-refractivity contribution >= 4 is 11.6 Å². The van der Waals surface area contributed by atoms with E-state index in [1.54, 1.807) is 12.1 Å². The van der Waals surface area contributed by atoms with Crippen molar-refractivity contribution in [1.29, 1.82) is 0 Å². The number of halogens is 2. The Morgan fingerprint density at radius 3 is 2.61 bits per heavy atom. The van der Waals surface area contributed by atoms with E-state index in [9.17, 15) is 4.39 Å².